The van der Waals surface area contributed by atoms with Gasteiger partial charge in [0, 0.05) is 23.9 Å². The molecule has 8 atom stereocenters. The Bertz CT molecular complexity index is 543. The van der Waals surface area contributed by atoms with Crippen molar-refractivity contribution in [2.45, 2.75) is 72.0 Å². The van der Waals surface area contributed by atoms with Crippen LogP contribution in [0.5, 0.6) is 0 Å². The van der Waals surface area contributed by atoms with E-state index in [1.54, 1.807) is 13.2 Å². The first-order chi connectivity index (χ1) is 11.2. The van der Waals surface area contributed by atoms with Crippen LogP contribution in [0.1, 0.15) is 59.8 Å². The molecule has 0 amide bonds. The van der Waals surface area contributed by atoms with Gasteiger partial charge >= 0.3 is 0 Å². The number of rotatable bonds is 2. The molecule has 0 spiro atoms. The molecule has 0 aromatic rings. The Morgan fingerprint density at radius 2 is 1.88 bits per heavy atom. The highest BCUT2D eigenvalue weighted by Crippen LogP contribution is 2.68. The van der Waals surface area contributed by atoms with Gasteiger partial charge < -0.3 is 9.84 Å². The number of methoxy groups -OCH3 is 1. The van der Waals surface area contributed by atoms with E-state index in [0.29, 0.717) is 12.3 Å². The summed E-state index contributed by atoms with van der Waals surface area (Å²) in [7, 11) is 1.79. The topological polar surface area (TPSA) is 46.5 Å². The van der Waals surface area contributed by atoms with Gasteiger partial charge in [-0.25, -0.2) is 0 Å². The zero-order valence-corrected chi connectivity index (χ0v) is 16.0. The number of ketones is 1. The second-order valence-electron chi connectivity index (χ2n) is 9.26. The molecule has 0 aliphatic heterocycles. The zero-order valence-electron chi connectivity index (χ0n) is 16.0. The third-order valence-electron chi connectivity index (χ3n) is 8.57. The molecule has 24 heavy (non-hydrogen) atoms. The van der Waals surface area contributed by atoms with Gasteiger partial charge in [0.25, 0.3) is 0 Å². The van der Waals surface area contributed by atoms with Gasteiger partial charge in [-0.1, -0.05) is 26.8 Å². The molecule has 0 radical (unpaired) electrons. The molecule has 3 rings (SSSR count). The Morgan fingerprint density at radius 1 is 1.25 bits per heavy atom. The van der Waals surface area contributed by atoms with E-state index in [2.05, 4.69) is 27.4 Å². The lowest BCUT2D eigenvalue weighted by Gasteiger charge is -2.61. The summed E-state index contributed by atoms with van der Waals surface area (Å²) < 4.78 is 5.89. The summed E-state index contributed by atoms with van der Waals surface area (Å²) in [4.78, 5) is 13.4. The van der Waals surface area contributed by atoms with E-state index in [0.717, 1.165) is 25.7 Å². The van der Waals surface area contributed by atoms with Gasteiger partial charge in [-0.15, -0.1) is 6.58 Å². The Labute approximate surface area is 146 Å². The minimum Gasteiger partial charge on any atom is -0.392 e. The number of aliphatic hydroxyl groups excluding tert-OH is 1. The van der Waals surface area contributed by atoms with Crippen molar-refractivity contribution in [2.75, 3.05) is 7.11 Å². The maximum atomic E-state index is 13.4. The van der Waals surface area contributed by atoms with Crippen molar-refractivity contribution in [3.8, 4) is 0 Å². The van der Waals surface area contributed by atoms with Crippen LogP contribution in [0, 0.1) is 34.0 Å². The molecule has 0 aromatic heterocycles. The lowest BCUT2D eigenvalue weighted by atomic mass is 9.44. The van der Waals surface area contributed by atoms with Crippen LogP contribution in [0.15, 0.2) is 12.7 Å². The monoisotopic (exact) mass is 334 g/mol. The SMILES string of the molecule is C=C[C@]1(C)C[C@@H](O)[C@@]2(C)[C@@H]3[C@H](OC)CC[C@@]3(CC[C@@H]2C)[C@@H](C)C1=O. The molecule has 3 nitrogen and oxygen atoms in total. The predicted octanol–water partition coefficient (Wildman–Crippen LogP) is 4.00. The van der Waals surface area contributed by atoms with Gasteiger partial charge in [0.05, 0.1) is 12.2 Å². The normalized spacial score (nSPS) is 54.8. The van der Waals surface area contributed by atoms with Crippen molar-refractivity contribution < 1.29 is 14.6 Å². The van der Waals surface area contributed by atoms with Crippen molar-refractivity contribution in [3.05, 3.63) is 12.7 Å². The number of carbonyl (C=O) groups excluding carboxylic acids is 1. The first-order valence-corrected chi connectivity index (χ1v) is 9.56. The molecule has 0 heterocycles. The Hall–Kier alpha value is -0.670. The molecule has 3 fully saturated rings. The van der Waals surface area contributed by atoms with Crippen molar-refractivity contribution in [1.29, 1.82) is 0 Å². The number of carbonyl (C=O) groups is 1. The largest absolute Gasteiger partial charge is 0.392 e. The highest BCUT2D eigenvalue weighted by molar-refractivity contribution is 5.89. The van der Waals surface area contributed by atoms with Crippen LogP contribution in [0.4, 0.5) is 0 Å². The second kappa shape index (κ2) is 5.67. The summed E-state index contributed by atoms with van der Waals surface area (Å²) in [5, 5.41) is 11.3. The number of ether oxygens (including phenoxy) is 1. The smallest absolute Gasteiger partial charge is 0.145 e. The molecule has 0 saturated heterocycles. The predicted molar refractivity (Wildman–Crippen MR) is 95.6 cm³/mol. The summed E-state index contributed by atoms with van der Waals surface area (Å²) in [6.45, 7) is 12.6. The van der Waals surface area contributed by atoms with Gasteiger partial charge in [0.2, 0.25) is 0 Å². The van der Waals surface area contributed by atoms with E-state index in [9.17, 15) is 9.90 Å². The first kappa shape index (κ1) is 18.1. The molecular weight excluding hydrogens is 300 g/mol. The maximum absolute atomic E-state index is 13.4. The first-order valence-electron chi connectivity index (χ1n) is 9.56. The zero-order chi connectivity index (χ0) is 17.9. The molecule has 3 aliphatic carbocycles. The summed E-state index contributed by atoms with van der Waals surface area (Å²) in [5.74, 6) is 0.929. The lowest BCUT2D eigenvalue weighted by molar-refractivity contribution is -0.188. The summed E-state index contributed by atoms with van der Waals surface area (Å²) in [6, 6.07) is 0. The molecule has 2 bridgehead atoms. The van der Waals surface area contributed by atoms with E-state index in [4.69, 9.17) is 4.74 Å². The fourth-order valence-corrected chi connectivity index (χ4v) is 6.66. The van der Waals surface area contributed by atoms with Crippen LogP contribution in [-0.4, -0.2) is 30.2 Å². The molecule has 1 N–H and O–H groups in total. The summed E-state index contributed by atoms with van der Waals surface area (Å²) in [6.07, 6.45) is 6.08. The molecule has 3 saturated carbocycles. The Kier molecular flexibility index (Phi) is 4.28. The molecule has 136 valence electrons. The summed E-state index contributed by atoms with van der Waals surface area (Å²) in [5.41, 5.74) is -0.889. The van der Waals surface area contributed by atoms with Gasteiger partial charge in [-0.2, -0.15) is 0 Å². The molecule has 3 aliphatic rings. The van der Waals surface area contributed by atoms with Crippen molar-refractivity contribution in [3.63, 3.8) is 0 Å². The molecule has 0 unspecified atom stereocenters. The second-order valence-corrected chi connectivity index (χ2v) is 9.26. The average molecular weight is 334 g/mol. The van der Waals surface area contributed by atoms with Gasteiger partial charge in [0.15, 0.2) is 0 Å². The van der Waals surface area contributed by atoms with Crippen molar-refractivity contribution in [1.82, 2.24) is 0 Å². The standard InChI is InChI=1S/C21H34O3/c1-7-19(4)12-16(22)20(5)13(2)8-10-21(14(3)18(19)23)11-9-15(24-6)17(20)21/h7,13-17,22H,1,8-12H2,2-6H3/t13-,14-,15+,16+,17-,19+,20-,21-/m0/s1. The minimum atomic E-state index is -0.639. The molecular formula is C21H34O3. The highest BCUT2D eigenvalue weighted by atomic mass is 16.5. The lowest BCUT2D eigenvalue weighted by Crippen LogP contribution is -2.62. The van der Waals surface area contributed by atoms with Crippen LogP contribution in [0.25, 0.3) is 0 Å². The van der Waals surface area contributed by atoms with Gasteiger partial charge in [-0.3, -0.25) is 4.79 Å². The highest BCUT2D eigenvalue weighted by Gasteiger charge is 2.67. The number of hydrogen-bond acceptors (Lipinski definition) is 3. The minimum absolute atomic E-state index is 0.00928. The van der Waals surface area contributed by atoms with E-state index in [-0.39, 0.29) is 34.6 Å². The van der Waals surface area contributed by atoms with Gasteiger partial charge in [-0.05, 0) is 56.3 Å². The number of allylic oxidation sites excluding steroid dienone is 1. The van der Waals surface area contributed by atoms with Crippen LogP contribution in [0.3, 0.4) is 0 Å². The number of aliphatic hydroxyl groups is 1. The maximum Gasteiger partial charge on any atom is 0.145 e. The van der Waals surface area contributed by atoms with E-state index in [1.165, 1.54) is 0 Å². The average Bonchev–Trinajstić information content (AvgIpc) is 2.96. The van der Waals surface area contributed by atoms with E-state index >= 15 is 0 Å². The van der Waals surface area contributed by atoms with E-state index < -0.39 is 11.5 Å². The third kappa shape index (κ3) is 2.07. The number of Topliss-reactive ketones (excluding diaryl/α,β-unsaturated/α-hetero) is 1. The number of hydrogen-bond donors (Lipinski definition) is 1. The molecule has 0 aromatic carbocycles. The summed E-state index contributed by atoms with van der Waals surface area (Å²) >= 11 is 0. The van der Waals surface area contributed by atoms with E-state index in [1.807, 2.05) is 6.92 Å². The molecule has 3 heteroatoms. The fraction of sp³-hybridized carbons (Fsp3) is 0.857. The third-order valence-corrected chi connectivity index (χ3v) is 8.57. The van der Waals surface area contributed by atoms with Crippen molar-refractivity contribution >= 4 is 5.78 Å². The Morgan fingerprint density at radius 3 is 2.46 bits per heavy atom. The van der Waals surface area contributed by atoms with Crippen LogP contribution < -0.4 is 0 Å². The van der Waals surface area contributed by atoms with Crippen LogP contribution >= 0.6 is 0 Å². The quantitative estimate of drug-likeness (QED) is 0.777. The van der Waals surface area contributed by atoms with Crippen molar-refractivity contribution in [2.24, 2.45) is 34.0 Å². The fourth-order valence-electron chi connectivity index (χ4n) is 6.66. The van der Waals surface area contributed by atoms with Gasteiger partial charge in [0.1, 0.15) is 5.78 Å². The Balaban J connectivity index is 2.21. The van der Waals surface area contributed by atoms with Crippen LogP contribution in [0.2, 0.25) is 0 Å². The van der Waals surface area contributed by atoms with Crippen LogP contribution in [-0.2, 0) is 9.53 Å².